The van der Waals surface area contributed by atoms with Crippen LogP contribution < -0.4 is 37.2 Å². The lowest BCUT2D eigenvalue weighted by Crippen LogP contribution is -2.56. The molecule has 0 spiro atoms. The maximum Gasteiger partial charge on any atom is 0.326 e. The molecule has 30 heteroatoms. The van der Waals surface area contributed by atoms with Crippen LogP contribution in [0.25, 0.3) is 0 Å². The summed E-state index contributed by atoms with van der Waals surface area (Å²) < 4.78 is 0. The Morgan fingerprint density at radius 3 is 1.17 bits per heavy atom. The van der Waals surface area contributed by atoms with Crippen LogP contribution in [-0.4, -0.2) is 255 Å². The maximum atomic E-state index is 14.4. The van der Waals surface area contributed by atoms with Crippen LogP contribution in [0.5, 0.6) is 0 Å². The zero-order valence-corrected chi connectivity index (χ0v) is 45.2. The van der Waals surface area contributed by atoms with E-state index in [-0.39, 0.29) is 124 Å². The summed E-state index contributed by atoms with van der Waals surface area (Å²) >= 11 is 0. The normalized spacial score (nSPS) is 15.7. The Balaban J connectivity index is 1.65. The first kappa shape index (κ1) is 68.0. The Bertz CT molecular complexity index is 2430. The van der Waals surface area contributed by atoms with Crippen LogP contribution in [0.1, 0.15) is 49.7 Å². The minimum atomic E-state index is -1.63. The molecule has 1 aliphatic heterocycles. The van der Waals surface area contributed by atoms with Gasteiger partial charge in [0.15, 0.2) is 0 Å². The predicted molar refractivity (Wildman–Crippen MR) is 288 cm³/mol. The van der Waals surface area contributed by atoms with E-state index in [0.717, 1.165) is 5.56 Å². The number of benzene rings is 2. The number of nitrogens with one attached hydrogen (secondary N) is 7. The number of carbonyl (C=O) groups is 12. The second-order valence-corrected chi connectivity index (χ2v) is 19.4. The smallest absolute Gasteiger partial charge is 0.326 e. The highest BCUT2D eigenvalue weighted by molar-refractivity contribution is 5.89. The number of carbonyl (C=O) groups excluding carboxylic acids is 5. The van der Waals surface area contributed by atoms with E-state index in [0.29, 0.717) is 5.56 Å². The van der Waals surface area contributed by atoms with E-state index in [9.17, 15) is 88.2 Å². The van der Waals surface area contributed by atoms with Crippen LogP contribution in [0, 0.1) is 0 Å². The molecule has 2 unspecified atom stereocenters. The van der Waals surface area contributed by atoms with E-state index in [1.807, 2.05) is 22.8 Å². The number of hydrogen-bond acceptors (Lipinski definition) is 17. The van der Waals surface area contributed by atoms with Crippen molar-refractivity contribution in [1.82, 2.24) is 56.8 Å². The maximum absolute atomic E-state index is 14.4. The topological polar surface area (TPSA) is 444 Å². The van der Waals surface area contributed by atoms with Crippen molar-refractivity contribution in [2.75, 3.05) is 98.2 Å². The van der Waals surface area contributed by atoms with Crippen LogP contribution in [0.4, 0.5) is 4.79 Å². The first-order valence-corrected chi connectivity index (χ1v) is 26.4. The van der Waals surface area contributed by atoms with E-state index < -0.39 is 127 Å². The first-order chi connectivity index (χ1) is 38.9. The highest BCUT2D eigenvalue weighted by Crippen LogP contribution is 2.10. The fourth-order valence-corrected chi connectivity index (χ4v) is 8.53. The van der Waals surface area contributed by atoms with E-state index in [4.69, 9.17) is 5.11 Å². The number of aliphatic carboxylic acids is 7. The van der Waals surface area contributed by atoms with Crippen molar-refractivity contribution in [3.63, 3.8) is 0 Å². The molecule has 452 valence electrons. The average molecular weight is 1160 g/mol. The molecular weight excluding hydrogens is 1080 g/mol. The van der Waals surface area contributed by atoms with Gasteiger partial charge >= 0.3 is 47.8 Å². The molecule has 1 heterocycles. The fraction of sp³-hybridized carbons (Fsp3) is 0.538. The van der Waals surface area contributed by atoms with Crippen molar-refractivity contribution in [1.29, 1.82) is 0 Å². The SMILES string of the molecule is O=C(O)CC[C@H](NC(=O)N[C@@H](CCC(=O)NCCNC(=O)CC[C@@H](NCC(Cc1ccccc1)NC(=O)C(Cc1ccccc1)NC(=O)CN1CCN(CC(=O)O)CCN(CC(=O)O)CCN(CC(=O)O)CC1)C(=O)O)C(=O)O)C(=O)O. The lowest BCUT2D eigenvalue weighted by atomic mass is 10.0. The summed E-state index contributed by atoms with van der Waals surface area (Å²) in [4.78, 5) is 154. The second-order valence-electron chi connectivity index (χ2n) is 19.4. The standard InChI is InChI=1S/C52H75N11O19/c64-41(53-17-18-54-42(65)15-12-38(50(78)79)58-52(82)59-39(51(80)81)13-16-44(67)68)14-11-37(49(76)77)55-29-36(27-34-7-3-1-4-8-34)56-48(75)40(28-35-9-5-2-6-10-35)57-43(66)30-60-19-21-61(31-45(69)70)23-25-63(33-47(73)74)26-24-62(22-20-60)32-46(71)72/h1-10,36-40,55H,11-33H2,(H,53,64)(H,54,65)(H,56,75)(H,57,66)(H,67,68)(H,69,70)(H,71,72)(H,73,74)(H,76,77)(H,78,79)(H,80,81)(H2,58,59,82)/t36?,37-,38+,39+,40?/m1/s1. The fourth-order valence-electron chi connectivity index (χ4n) is 8.53. The number of carboxylic acids is 7. The molecule has 0 radical (unpaired) electrons. The van der Waals surface area contributed by atoms with Gasteiger partial charge in [0.25, 0.3) is 0 Å². The van der Waals surface area contributed by atoms with Crippen LogP contribution in [0.15, 0.2) is 60.7 Å². The monoisotopic (exact) mass is 1160 g/mol. The van der Waals surface area contributed by atoms with Crippen LogP contribution in [0.2, 0.25) is 0 Å². The summed E-state index contributed by atoms with van der Waals surface area (Å²) in [6.07, 6.45) is -2.15. The Morgan fingerprint density at radius 1 is 0.402 bits per heavy atom. The van der Waals surface area contributed by atoms with Crippen molar-refractivity contribution < 1.29 is 93.3 Å². The Hall–Kier alpha value is -8.32. The number of nitrogens with zero attached hydrogens (tertiary/aromatic N) is 4. The highest BCUT2D eigenvalue weighted by atomic mass is 16.4. The number of carboxylic acid groups (broad SMARTS) is 7. The highest BCUT2D eigenvalue weighted by Gasteiger charge is 2.29. The van der Waals surface area contributed by atoms with Gasteiger partial charge in [-0.3, -0.25) is 62.8 Å². The molecule has 82 heavy (non-hydrogen) atoms. The molecule has 1 aliphatic rings. The summed E-state index contributed by atoms with van der Waals surface area (Å²) in [5.41, 5.74) is 1.47. The molecular formula is C52H75N11O19. The van der Waals surface area contributed by atoms with Gasteiger partial charge in [-0.25, -0.2) is 14.4 Å². The van der Waals surface area contributed by atoms with Crippen molar-refractivity contribution in [2.45, 2.75) is 81.6 Å². The van der Waals surface area contributed by atoms with Crippen LogP contribution in [-0.2, 0) is 65.6 Å². The third kappa shape index (κ3) is 29.2. The zero-order valence-electron chi connectivity index (χ0n) is 45.2. The molecule has 2 aromatic carbocycles. The summed E-state index contributed by atoms with van der Waals surface area (Å²) in [7, 11) is 0. The summed E-state index contributed by atoms with van der Waals surface area (Å²) in [6, 6.07) is 10.1. The average Bonchev–Trinajstić information content (AvgIpc) is 3.44. The van der Waals surface area contributed by atoms with Gasteiger partial charge in [0, 0.05) is 104 Å². The minimum absolute atomic E-state index is 0.0344. The summed E-state index contributed by atoms with van der Waals surface area (Å²) in [6.45, 7) is -0.388. The van der Waals surface area contributed by atoms with Gasteiger partial charge in [0.05, 0.1) is 26.2 Å². The number of rotatable bonds is 35. The van der Waals surface area contributed by atoms with E-state index in [2.05, 4.69) is 26.6 Å². The summed E-state index contributed by atoms with van der Waals surface area (Å²) in [5.74, 6) is -11.5. The Morgan fingerprint density at radius 2 is 0.780 bits per heavy atom. The Labute approximate surface area is 471 Å². The molecule has 30 nitrogen and oxygen atoms in total. The number of amides is 6. The molecule has 1 fully saturated rings. The molecule has 2 aromatic rings. The first-order valence-electron chi connectivity index (χ1n) is 26.4. The van der Waals surface area contributed by atoms with Gasteiger partial charge < -0.3 is 73.0 Å². The van der Waals surface area contributed by atoms with Gasteiger partial charge in [-0.2, -0.15) is 0 Å². The number of urea groups is 1. The zero-order chi connectivity index (χ0) is 60.6. The quantitative estimate of drug-likeness (QED) is 0.0303. The molecule has 0 aliphatic carbocycles. The molecule has 3 rings (SSSR count). The van der Waals surface area contributed by atoms with Crippen LogP contribution >= 0.6 is 0 Å². The third-order valence-electron chi connectivity index (χ3n) is 12.8. The second kappa shape index (κ2) is 36.8. The van der Waals surface area contributed by atoms with E-state index in [1.165, 1.54) is 0 Å². The largest absolute Gasteiger partial charge is 0.481 e. The predicted octanol–water partition coefficient (Wildman–Crippen LogP) is -3.18. The van der Waals surface area contributed by atoms with Gasteiger partial charge in [-0.15, -0.1) is 0 Å². The molecule has 6 amide bonds. The molecule has 1 saturated heterocycles. The molecule has 0 saturated carbocycles. The van der Waals surface area contributed by atoms with Gasteiger partial charge in [0.1, 0.15) is 24.2 Å². The molecule has 0 aromatic heterocycles. The lowest BCUT2D eigenvalue weighted by molar-refractivity contribution is -0.141. The third-order valence-corrected chi connectivity index (χ3v) is 12.8. The van der Waals surface area contributed by atoms with Crippen LogP contribution in [0.3, 0.4) is 0 Å². The van der Waals surface area contributed by atoms with Gasteiger partial charge in [0.2, 0.25) is 23.6 Å². The van der Waals surface area contributed by atoms with Gasteiger partial charge in [-0.05, 0) is 36.8 Å². The van der Waals surface area contributed by atoms with E-state index in [1.54, 1.807) is 68.1 Å². The molecule has 14 N–H and O–H groups in total. The van der Waals surface area contributed by atoms with Crippen molar-refractivity contribution >= 4 is 71.4 Å². The van der Waals surface area contributed by atoms with Crippen molar-refractivity contribution in [3.05, 3.63) is 71.8 Å². The van der Waals surface area contributed by atoms with Crippen molar-refractivity contribution in [2.24, 2.45) is 0 Å². The Kier molecular flexibility index (Phi) is 30.5. The summed E-state index contributed by atoms with van der Waals surface area (Å²) in [5, 5.41) is 84.3. The van der Waals surface area contributed by atoms with E-state index >= 15 is 0 Å². The van der Waals surface area contributed by atoms with Gasteiger partial charge in [-0.1, -0.05) is 60.7 Å². The van der Waals surface area contributed by atoms with Crippen molar-refractivity contribution in [3.8, 4) is 0 Å². The molecule has 5 atom stereocenters. The molecule has 0 bridgehead atoms. The lowest BCUT2D eigenvalue weighted by Gasteiger charge is -2.33. The minimum Gasteiger partial charge on any atom is -0.481 e. The number of hydrogen-bond donors (Lipinski definition) is 14.